The third-order valence-electron chi connectivity index (χ3n) is 3.42. The molecule has 0 unspecified atom stereocenters. The van der Waals surface area contributed by atoms with Gasteiger partial charge in [0.1, 0.15) is 5.60 Å². The molecule has 1 aliphatic rings. The van der Waals surface area contributed by atoms with E-state index in [0.29, 0.717) is 13.0 Å². The molecule has 0 aromatic heterocycles. The molecule has 0 saturated carbocycles. The molecule has 0 aromatic rings. The number of β-amino-alcohol motifs (C(OH)–C–C–N with tert-alkyl or cyclic N) is 1. The Morgan fingerprint density at radius 2 is 2.00 bits per heavy atom. The Morgan fingerprint density at radius 1 is 1.40 bits per heavy atom. The third-order valence-corrected chi connectivity index (χ3v) is 3.42. The Labute approximate surface area is 120 Å². The van der Waals surface area contributed by atoms with Crippen LogP contribution >= 0.6 is 0 Å². The van der Waals surface area contributed by atoms with Crippen LogP contribution in [0.25, 0.3) is 0 Å². The minimum absolute atomic E-state index is 0.0736. The molecule has 6 nitrogen and oxygen atoms in total. The minimum Gasteiger partial charge on any atom is -0.465 e. The minimum atomic E-state index is -0.964. The smallest absolute Gasteiger partial charge is 0.410 e. The van der Waals surface area contributed by atoms with Crippen LogP contribution in [0.1, 0.15) is 41.0 Å². The van der Waals surface area contributed by atoms with E-state index in [9.17, 15) is 14.7 Å². The van der Waals surface area contributed by atoms with Gasteiger partial charge in [-0.3, -0.25) is 4.79 Å². The Morgan fingerprint density at radius 3 is 2.45 bits per heavy atom. The van der Waals surface area contributed by atoms with Gasteiger partial charge in [-0.05, 0) is 41.0 Å². The number of amides is 1. The largest absolute Gasteiger partial charge is 0.465 e. The van der Waals surface area contributed by atoms with Crippen LogP contribution in [0.5, 0.6) is 0 Å². The predicted octanol–water partition coefficient (Wildman–Crippen LogP) is 1.56. The second kappa shape index (κ2) is 5.99. The number of rotatable bonds is 2. The Kier molecular flexibility index (Phi) is 5.02. The van der Waals surface area contributed by atoms with Crippen LogP contribution in [-0.2, 0) is 14.3 Å². The van der Waals surface area contributed by atoms with Crippen LogP contribution in [0.3, 0.4) is 0 Å². The van der Waals surface area contributed by atoms with E-state index >= 15 is 0 Å². The van der Waals surface area contributed by atoms with Gasteiger partial charge < -0.3 is 19.5 Å². The second-order valence-corrected chi connectivity index (χ2v) is 6.33. The molecule has 0 aliphatic carbocycles. The van der Waals surface area contributed by atoms with Crippen LogP contribution < -0.4 is 0 Å². The van der Waals surface area contributed by atoms with E-state index in [2.05, 4.69) is 0 Å². The van der Waals surface area contributed by atoms with Crippen molar-refractivity contribution in [3.63, 3.8) is 0 Å². The first kappa shape index (κ1) is 16.8. The molecule has 0 radical (unpaired) electrons. The molecule has 0 bridgehead atoms. The lowest BCUT2D eigenvalue weighted by Gasteiger charge is -2.41. The van der Waals surface area contributed by atoms with E-state index in [-0.39, 0.29) is 13.2 Å². The molecule has 1 amide bonds. The van der Waals surface area contributed by atoms with Crippen LogP contribution in [-0.4, -0.2) is 53.5 Å². The summed E-state index contributed by atoms with van der Waals surface area (Å²) >= 11 is 0. The summed E-state index contributed by atoms with van der Waals surface area (Å²) in [7, 11) is 0. The van der Waals surface area contributed by atoms with Crippen molar-refractivity contribution in [2.75, 3.05) is 19.7 Å². The van der Waals surface area contributed by atoms with Crippen molar-refractivity contribution in [1.82, 2.24) is 4.90 Å². The Balaban J connectivity index is 2.68. The van der Waals surface area contributed by atoms with E-state index in [0.717, 1.165) is 0 Å². The second-order valence-electron chi connectivity index (χ2n) is 6.33. The monoisotopic (exact) mass is 287 g/mol. The molecule has 1 heterocycles. The first-order valence-electron chi connectivity index (χ1n) is 6.93. The van der Waals surface area contributed by atoms with Crippen molar-refractivity contribution in [2.24, 2.45) is 5.41 Å². The fourth-order valence-corrected chi connectivity index (χ4v) is 2.06. The van der Waals surface area contributed by atoms with Gasteiger partial charge in [-0.15, -0.1) is 0 Å². The number of aliphatic hydroxyl groups is 1. The molecular weight excluding hydrogens is 262 g/mol. The molecule has 0 spiro atoms. The molecule has 0 aromatic carbocycles. The van der Waals surface area contributed by atoms with Crippen molar-refractivity contribution in [1.29, 1.82) is 0 Å². The maximum atomic E-state index is 11.9. The molecule has 116 valence electrons. The number of hydrogen-bond donors (Lipinski definition) is 1. The van der Waals surface area contributed by atoms with Crippen molar-refractivity contribution < 1.29 is 24.2 Å². The SMILES string of the molecule is CCOC(=O)[C@]1(C)CCN(C(=O)OC(C)(C)C)C[C@H]1O. The van der Waals surface area contributed by atoms with E-state index in [4.69, 9.17) is 9.47 Å². The fraction of sp³-hybridized carbons (Fsp3) is 0.857. The van der Waals surface area contributed by atoms with Gasteiger partial charge in [0.15, 0.2) is 0 Å². The highest BCUT2D eigenvalue weighted by atomic mass is 16.6. The number of carbonyl (C=O) groups is 2. The highest BCUT2D eigenvalue weighted by molar-refractivity contribution is 5.78. The van der Waals surface area contributed by atoms with E-state index in [1.165, 1.54) is 4.90 Å². The maximum Gasteiger partial charge on any atom is 0.410 e. The lowest BCUT2D eigenvalue weighted by Crippen LogP contribution is -2.55. The zero-order valence-electron chi connectivity index (χ0n) is 12.9. The fourth-order valence-electron chi connectivity index (χ4n) is 2.06. The number of nitrogens with zero attached hydrogens (tertiary/aromatic N) is 1. The number of carbonyl (C=O) groups excluding carboxylic acids is 2. The number of aliphatic hydroxyl groups excluding tert-OH is 1. The van der Waals surface area contributed by atoms with E-state index < -0.39 is 29.2 Å². The van der Waals surface area contributed by atoms with Crippen molar-refractivity contribution >= 4 is 12.1 Å². The number of hydrogen-bond acceptors (Lipinski definition) is 5. The average Bonchev–Trinajstić information content (AvgIpc) is 2.30. The standard InChI is InChI=1S/C14H25NO5/c1-6-19-11(17)14(5)7-8-15(9-10(14)16)12(18)20-13(2,3)4/h10,16H,6-9H2,1-5H3/t10-,14-/m1/s1. The molecule has 1 aliphatic heterocycles. The average molecular weight is 287 g/mol. The summed E-state index contributed by atoms with van der Waals surface area (Å²) in [5, 5.41) is 10.2. The van der Waals surface area contributed by atoms with Crippen LogP contribution in [0.15, 0.2) is 0 Å². The van der Waals surface area contributed by atoms with Gasteiger partial charge in [-0.1, -0.05) is 0 Å². The number of ether oxygens (including phenoxy) is 2. The molecular formula is C14H25NO5. The van der Waals surface area contributed by atoms with Crippen LogP contribution in [0, 0.1) is 5.41 Å². The van der Waals surface area contributed by atoms with Gasteiger partial charge in [0, 0.05) is 6.54 Å². The van der Waals surface area contributed by atoms with Crippen molar-refractivity contribution in [3.8, 4) is 0 Å². The lowest BCUT2D eigenvalue weighted by molar-refractivity contribution is -0.166. The summed E-state index contributed by atoms with van der Waals surface area (Å²) in [5.41, 5.74) is -1.54. The van der Waals surface area contributed by atoms with Gasteiger partial charge in [0.05, 0.1) is 24.7 Å². The zero-order chi connectivity index (χ0) is 15.6. The molecule has 2 atom stereocenters. The normalized spacial score (nSPS) is 27.1. The van der Waals surface area contributed by atoms with Crippen LogP contribution in [0.2, 0.25) is 0 Å². The number of esters is 1. The summed E-state index contributed by atoms with van der Waals surface area (Å²) in [6, 6.07) is 0. The Bertz CT molecular complexity index is 376. The molecule has 1 saturated heterocycles. The highest BCUT2D eigenvalue weighted by Crippen LogP contribution is 2.33. The predicted molar refractivity (Wildman–Crippen MR) is 73.2 cm³/mol. The van der Waals surface area contributed by atoms with E-state index in [1.54, 1.807) is 34.6 Å². The van der Waals surface area contributed by atoms with E-state index in [1.807, 2.05) is 0 Å². The quantitative estimate of drug-likeness (QED) is 0.780. The third kappa shape index (κ3) is 3.85. The lowest BCUT2D eigenvalue weighted by atomic mass is 9.78. The summed E-state index contributed by atoms with van der Waals surface area (Å²) in [5.74, 6) is -0.420. The van der Waals surface area contributed by atoms with Gasteiger partial charge in [0.2, 0.25) is 0 Å². The topological polar surface area (TPSA) is 76.1 Å². The molecule has 6 heteroatoms. The zero-order valence-corrected chi connectivity index (χ0v) is 12.9. The number of piperidine rings is 1. The van der Waals surface area contributed by atoms with Gasteiger partial charge in [0.25, 0.3) is 0 Å². The summed E-state index contributed by atoms with van der Waals surface area (Å²) in [6.45, 7) is 9.46. The number of likely N-dealkylation sites (tertiary alicyclic amines) is 1. The molecule has 1 fully saturated rings. The molecule has 1 rings (SSSR count). The van der Waals surface area contributed by atoms with Gasteiger partial charge in [-0.2, -0.15) is 0 Å². The molecule has 1 N–H and O–H groups in total. The first-order valence-corrected chi connectivity index (χ1v) is 6.93. The summed E-state index contributed by atoms with van der Waals surface area (Å²) in [6.07, 6.45) is -1.07. The van der Waals surface area contributed by atoms with Crippen molar-refractivity contribution in [2.45, 2.75) is 52.7 Å². The highest BCUT2D eigenvalue weighted by Gasteiger charge is 2.47. The Hall–Kier alpha value is -1.30. The summed E-state index contributed by atoms with van der Waals surface area (Å²) < 4.78 is 10.3. The first-order chi connectivity index (χ1) is 9.10. The summed E-state index contributed by atoms with van der Waals surface area (Å²) in [4.78, 5) is 25.3. The van der Waals surface area contributed by atoms with Crippen LogP contribution in [0.4, 0.5) is 4.79 Å². The van der Waals surface area contributed by atoms with Crippen molar-refractivity contribution in [3.05, 3.63) is 0 Å². The van der Waals surface area contributed by atoms with Gasteiger partial charge >= 0.3 is 12.1 Å². The molecule has 20 heavy (non-hydrogen) atoms. The maximum absolute atomic E-state index is 11.9. The van der Waals surface area contributed by atoms with Gasteiger partial charge in [-0.25, -0.2) is 4.79 Å².